The van der Waals surface area contributed by atoms with Crippen molar-refractivity contribution >= 4 is 54.1 Å². The van der Waals surface area contributed by atoms with Gasteiger partial charge in [-0.25, -0.2) is 30.6 Å². The number of aromatic nitrogens is 5. The van der Waals surface area contributed by atoms with E-state index >= 15 is 8.78 Å². The van der Waals surface area contributed by atoms with Crippen molar-refractivity contribution in [2.45, 2.75) is 81.7 Å². The summed E-state index contributed by atoms with van der Waals surface area (Å²) in [5.74, 6) is -4.23. The van der Waals surface area contributed by atoms with Crippen LogP contribution in [0.4, 0.5) is 49.7 Å². The number of carbonyl (C=O) groups excluding carboxylic acids is 1. The first-order valence-corrected chi connectivity index (χ1v) is 22.7. The van der Waals surface area contributed by atoms with E-state index in [0.717, 1.165) is 31.4 Å². The smallest absolute Gasteiger partial charge is 0.346 e. The molecule has 2 N–H and O–H groups in total. The van der Waals surface area contributed by atoms with Gasteiger partial charge in [0.25, 0.3) is 5.92 Å². The van der Waals surface area contributed by atoms with Crippen molar-refractivity contribution in [1.29, 1.82) is 0 Å². The predicted octanol–water partition coefficient (Wildman–Crippen LogP) is 8.05. The monoisotopic (exact) mass is 969 g/mol. The molecular formula is C39H34ClF10N7O5S2. The SMILES string of the molecule is C[C@H]1CC(F)(F)c2c1c(C(F)(F)F)nn2CC(=O)N[C@@H](Cc1cc(F)cc(F)c1)c1nc(C#CC(C)(C)S(C)(=O)=O)ccc1-c1ccc(Cl)c2c(NS(C)(=O)=O)nn(CC(F)(F)F)c12. The number of hydrogen-bond donors (Lipinski definition) is 2. The number of amides is 1. The zero-order valence-electron chi connectivity index (χ0n) is 33.8. The molecule has 1 aliphatic rings. The summed E-state index contributed by atoms with van der Waals surface area (Å²) in [4.78, 5) is 18.5. The van der Waals surface area contributed by atoms with E-state index in [0.29, 0.717) is 17.0 Å². The van der Waals surface area contributed by atoms with Crippen molar-refractivity contribution in [1.82, 2.24) is 29.9 Å². The van der Waals surface area contributed by atoms with Gasteiger partial charge in [-0.3, -0.25) is 18.9 Å². The van der Waals surface area contributed by atoms with Crippen molar-refractivity contribution in [3.8, 4) is 23.0 Å². The lowest BCUT2D eigenvalue weighted by Crippen LogP contribution is -2.35. The van der Waals surface area contributed by atoms with E-state index in [4.69, 9.17) is 11.6 Å². The molecular weight excluding hydrogens is 936 g/mol. The Bertz CT molecular complexity index is 2970. The molecule has 64 heavy (non-hydrogen) atoms. The zero-order valence-corrected chi connectivity index (χ0v) is 36.2. The molecule has 5 aromatic rings. The summed E-state index contributed by atoms with van der Waals surface area (Å²) in [5.41, 5.74) is -5.36. The normalized spacial score (nSPS) is 16.0. The quantitative estimate of drug-likeness (QED) is 0.0995. The Morgan fingerprint density at radius 3 is 2.16 bits per heavy atom. The Morgan fingerprint density at radius 1 is 0.953 bits per heavy atom. The van der Waals surface area contributed by atoms with Crippen LogP contribution in [-0.4, -0.2) is 70.7 Å². The van der Waals surface area contributed by atoms with Gasteiger partial charge in [0, 0.05) is 35.4 Å². The minimum atomic E-state index is -5.21. The molecule has 12 nitrogen and oxygen atoms in total. The molecule has 0 aliphatic heterocycles. The fourth-order valence-corrected chi connectivity index (χ4v) is 8.14. The molecule has 0 saturated heterocycles. The predicted molar refractivity (Wildman–Crippen MR) is 213 cm³/mol. The van der Waals surface area contributed by atoms with Crippen LogP contribution in [0.5, 0.6) is 0 Å². The molecule has 25 heteroatoms. The molecule has 0 spiro atoms. The van der Waals surface area contributed by atoms with Crippen LogP contribution in [0.25, 0.3) is 22.0 Å². The molecule has 0 bridgehead atoms. The third-order valence-electron chi connectivity index (χ3n) is 10.1. The van der Waals surface area contributed by atoms with Crippen LogP contribution in [0.1, 0.15) is 73.1 Å². The number of sulfone groups is 1. The van der Waals surface area contributed by atoms with Crippen molar-refractivity contribution in [3.63, 3.8) is 0 Å². The molecule has 2 atom stereocenters. The van der Waals surface area contributed by atoms with Gasteiger partial charge in [-0.15, -0.1) is 0 Å². The van der Waals surface area contributed by atoms with Crippen molar-refractivity contribution in [3.05, 3.63) is 93.0 Å². The number of halogens is 11. The van der Waals surface area contributed by atoms with Crippen molar-refractivity contribution in [2.24, 2.45) is 0 Å². The largest absolute Gasteiger partial charge is 0.435 e. The van der Waals surface area contributed by atoms with E-state index in [1.54, 1.807) is 0 Å². The lowest BCUT2D eigenvalue weighted by atomic mass is 9.93. The van der Waals surface area contributed by atoms with Crippen LogP contribution in [0.2, 0.25) is 5.02 Å². The molecule has 3 aromatic heterocycles. The number of sulfonamides is 1. The first kappa shape index (κ1) is 48.1. The Balaban J connectivity index is 1.62. The van der Waals surface area contributed by atoms with Crippen LogP contribution in [0.15, 0.2) is 42.5 Å². The number of nitrogens with one attached hydrogen (secondary N) is 2. The highest BCUT2D eigenvalue weighted by Crippen LogP contribution is 2.52. The third kappa shape index (κ3) is 10.3. The summed E-state index contributed by atoms with van der Waals surface area (Å²) in [6.45, 7) is 0.553. The standard InChI is InChI=1S/C39H34ClF10N7O5S2/c1-19-16-37(43,44)34-29(19)33(39(48,49)50)53-56(34)17-28(58)52-27(14-20-12-21(41)15-22(42)13-20)31-24(7-6-23(51-31)10-11-36(2,3)63(4,59)60)25-8-9-26(40)30-32(25)57(18-38(45,46)47)54-35(30)55-64(5,61)62/h6-9,12-13,15,19,27H,14,16-18H2,1-5H3,(H,52,58)(H,54,55)/t19-,27-/m0/s1. The number of pyridine rings is 1. The van der Waals surface area contributed by atoms with Gasteiger partial charge < -0.3 is 5.32 Å². The molecule has 1 amide bonds. The van der Waals surface area contributed by atoms with Gasteiger partial charge in [0.2, 0.25) is 15.9 Å². The number of benzene rings is 2. The average Bonchev–Trinajstić information content (AvgIpc) is 3.75. The fraction of sp³-hybridized carbons (Fsp3) is 0.385. The van der Waals surface area contributed by atoms with Gasteiger partial charge in [0.05, 0.1) is 33.9 Å². The molecule has 2 aromatic carbocycles. The maximum absolute atomic E-state index is 15.3. The number of fused-ring (bicyclic) bond motifs is 2. The van der Waals surface area contributed by atoms with Gasteiger partial charge in [0.1, 0.15) is 40.9 Å². The molecule has 1 aliphatic carbocycles. The zero-order chi connectivity index (χ0) is 47.7. The van der Waals surface area contributed by atoms with Gasteiger partial charge >= 0.3 is 12.4 Å². The molecule has 0 saturated carbocycles. The van der Waals surface area contributed by atoms with E-state index in [-0.39, 0.29) is 43.2 Å². The molecule has 0 radical (unpaired) electrons. The number of rotatable bonds is 11. The molecule has 344 valence electrons. The number of carbonyl (C=O) groups is 1. The van der Waals surface area contributed by atoms with Gasteiger partial charge in [-0.2, -0.15) is 45.3 Å². The summed E-state index contributed by atoms with van der Waals surface area (Å²) in [6.07, 6.45) is -10.3. The Kier molecular flexibility index (Phi) is 12.4. The highest BCUT2D eigenvalue weighted by atomic mass is 35.5. The molecule has 3 heterocycles. The number of hydrogen-bond acceptors (Lipinski definition) is 8. The first-order valence-electron chi connectivity index (χ1n) is 18.5. The Hall–Kier alpha value is -5.41. The maximum Gasteiger partial charge on any atom is 0.435 e. The van der Waals surface area contributed by atoms with Crippen LogP contribution >= 0.6 is 11.6 Å². The lowest BCUT2D eigenvalue weighted by molar-refractivity contribution is -0.143. The maximum atomic E-state index is 15.3. The summed E-state index contributed by atoms with van der Waals surface area (Å²) in [6, 6.07) is 5.20. The highest BCUT2D eigenvalue weighted by Gasteiger charge is 2.53. The second kappa shape index (κ2) is 16.5. The topological polar surface area (TPSA) is 158 Å². The number of alkyl halides is 8. The van der Waals surface area contributed by atoms with E-state index in [2.05, 4.69) is 32.3 Å². The number of anilines is 1. The second-order valence-electron chi connectivity index (χ2n) is 15.7. The first-order chi connectivity index (χ1) is 29.2. The van der Waals surface area contributed by atoms with E-state index in [1.807, 2.05) is 4.72 Å². The third-order valence-corrected chi connectivity index (χ3v) is 12.9. The fourth-order valence-electron chi connectivity index (χ4n) is 7.17. The summed E-state index contributed by atoms with van der Waals surface area (Å²) < 4.78 is 195. The summed E-state index contributed by atoms with van der Waals surface area (Å²) in [7, 11) is -8.06. The Morgan fingerprint density at radius 2 is 1.58 bits per heavy atom. The minimum absolute atomic E-state index is 0.189. The average molecular weight is 970 g/mol. The second-order valence-corrected chi connectivity index (χ2v) is 20.4. The van der Waals surface area contributed by atoms with Crippen LogP contribution in [0, 0.1) is 23.5 Å². The van der Waals surface area contributed by atoms with E-state index < -0.39 is 127 Å². The van der Waals surface area contributed by atoms with Crippen LogP contribution in [0.3, 0.4) is 0 Å². The van der Waals surface area contributed by atoms with Crippen LogP contribution < -0.4 is 10.0 Å². The minimum Gasteiger partial charge on any atom is -0.346 e. The van der Waals surface area contributed by atoms with Crippen LogP contribution in [-0.2, 0) is 56.3 Å². The molecule has 0 unspecified atom stereocenters. The van der Waals surface area contributed by atoms with E-state index in [9.17, 15) is 56.8 Å². The molecule has 6 rings (SSSR count). The van der Waals surface area contributed by atoms with E-state index in [1.165, 1.54) is 32.0 Å². The Labute approximate surface area is 363 Å². The lowest BCUT2D eigenvalue weighted by Gasteiger charge is -2.23. The highest BCUT2D eigenvalue weighted by molar-refractivity contribution is 7.92. The van der Waals surface area contributed by atoms with Crippen molar-refractivity contribution in [2.75, 3.05) is 17.2 Å². The summed E-state index contributed by atoms with van der Waals surface area (Å²) >= 11 is 6.45. The van der Waals surface area contributed by atoms with Crippen molar-refractivity contribution < 1.29 is 65.5 Å². The van der Waals surface area contributed by atoms with Gasteiger partial charge in [0.15, 0.2) is 21.3 Å². The molecule has 0 fully saturated rings. The summed E-state index contributed by atoms with van der Waals surface area (Å²) in [5, 5.41) is 8.96. The van der Waals surface area contributed by atoms with Gasteiger partial charge in [-0.05, 0) is 68.0 Å². The van der Waals surface area contributed by atoms with Gasteiger partial charge in [-0.1, -0.05) is 30.5 Å². The number of nitrogens with zero attached hydrogens (tertiary/aromatic N) is 5.